The van der Waals surface area contributed by atoms with Crippen molar-refractivity contribution in [3.05, 3.63) is 29.8 Å². The molecule has 0 saturated carbocycles. The minimum atomic E-state index is -0.288. The molecule has 0 radical (unpaired) electrons. The third-order valence-electron chi connectivity index (χ3n) is 3.44. The quantitative estimate of drug-likeness (QED) is 0.851. The van der Waals surface area contributed by atoms with Crippen LogP contribution in [0.25, 0.3) is 11.0 Å². The molecule has 1 fully saturated rings. The number of para-hydroxylation sites is 1. The number of aliphatic hydroxyl groups is 1. The van der Waals surface area contributed by atoms with Crippen LogP contribution < -0.4 is 0 Å². The largest absolute Gasteiger partial charge is 0.393 e. The Morgan fingerprint density at radius 2 is 2.17 bits per heavy atom. The van der Waals surface area contributed by atoms with Gasteiger partial charge in [0.05, 0.1) is 18.2 Å². The molecule has 1 aliphatic heterocycles. The summed E-state index contributed by atoms with van der Waals surface area (Å²) >= 11 is 0. The van der Waals surface area contributed by atoms with E-state index >= 15 is 0 Å². The first-order valence-corrected chi connectivity index (χ1v) is 6.26. The van der Waals surface area contributed by atoms with Gasteiger partial charge in [0.1, 0.15) is 11.3 Å². The van der Waals surface area contributed by atoms with Crippen LogP contribution in [0.15, 0.2) is 18.2 Å². The van der Waals surface area contributed by atoms with E-state index in [2.05, 4.69) is 14.9 Å². The SMILES string of the molecule is OC1CCN(Cc2nc3c(F)cccc3[nH]2)CC1. The highest BCUT2D eigenvalue weighted by Crippen LogP contribution is 2.17. The molecule has 2 aromatic rings. The van der Waals surface area contributed by atoms with Gasteiger partial charge in [0.2, 0.25) is 0 Å². The van der Waals surface area contributed by atoms with Gasteiger partial charge >= 0.3 is 0 Å². The predicted molar refractivity (Wildman–Crippen MR) is 66.6 cm³/mol. The first-order chi connectivity index (χ1) is 8.72. The molecule has 0 atom stereocenters. The molecule has 0 spiro atoms. The summed E-state index contributed by atoms with van der Waals surface area (Å²) in [7, 11) is 0. The van der Waals surface area contributed by atoms with Crippen molar-refractivity contribution in [2.75, 3.05) is 13.1 Å². The van der Waals surface area contributed by atoms with Crippen molar-refractivity contribution in [1.29, 1.82) is 0 Å². The summed E-state index contributed by atoms with van der Waals surface area (Å²) in [4.78, 5) is 9.65. The van der Waals surface area contributed by atoms with Gasteiger partial charge < -0.3 is 10.1 Å². The summed E-state index contributed by atoms with van der Waals surface area (Å²) in [5.74, 6) is 0.496. The number of nitrogens with zero attached hydrogens (tertiary/aromatic N) is 2. The smallest absolute Gasteiger partial charge is 0.151 e. The van der Waals surface area contributed by atoms with E-state index in [1.165, 1.54) is 6.07 Å². The van der Waals surface area contributed by atoms with E-state index in [1.807, 2.05) is 6.07 Å². The molecule has 96 valence electrons. The van der Waals surface area contributed by atoms with Crippen LogP contribution in [-0.4, -0.2) is 39.2 Å². The molecule has 3 rings (SSSR count). The van der Waals surface area contributed by atoms with Crippen molar-refractivity contribution >= 4 is 11.0 Å². The molecule has 1 aromatic heterocycles. The third kappa shape index (κ3) is 2.23. The second-order valence-electron chi connectivity index (χ2n) is 4.83. The number of aliphatic hydroxyl groups excluding tert-OH is 1. The Morgan fingerprint density at radius 1 is 1.39 bits per heavy atom. The summed E-state index contributed by atoms with van der Waals surface area (Å²) in [6, 6.07) is 4.93. The molecular weight excluding hydrogens is 233 g/mol. The zero-order valence-electron chi connectivity index (χ0n) is 10.1. The van der Waals surface area contributed by atoms with Crippen molar-refractivity contribution < 1.29 is 9.50 Å². The number of piperidine rings is 1. The van der Waals surface area contributed by atoms with Gasteiger partial charge in [0, 0.05) is 13.1 Å². The number of halogens is 1. The fraction of sp³-hybridized carbons (Fsp3) is 0.462. The summed E-state index contributed by atoms with van der Waals surface area (Å²) in [5, 5.41) is 9.44. The molecular formula is C13H16FN3O. The zero-order valence-corrected chi connectivity index (χ0v) is 10.1. The molecule has 2 heterocycles. The number of H-pyrrole nitrogens is 1. The van der Waals surface area contributed by atoms with E-state index in [9.17, 15) is 9.50 Å². The average molecular weight is 249 g/mol. The lowest BCUT2D eigenvalue weighted by molar-refractivity contribution is 0.0782. The number of aromatic amines is 1. The van der Waals surface area contributed by atoms with E-state index in [4.69, 9.17) is 0 Å². The first kappa shape index (κ1) is 11.6. The molecule has 1 saturated heterocycles. The lowest BCUT2D eigenvalue weighted by Gasteiger charge is -2.28. The summed E-state index contributed by atoms with van der Waals surface area (Å²) in [6.45, 7) is 2.40. The van der Waals surface area contributed by atoms with Gasteiger partial charge in [-0.1, -0.05) is 6.07 Å². The number of imidazole rings is 1. The van der Waals surface area contributed by atoms with Gasteiger partial charge in [-0.05, 0) is 25.0 Å². The lowest BCUT2D eigenvalue weighted by Crippen LogP contribution is -2.35. The first-order valence-electron chi connectivity index (χ1n) is 6.26. The maximum atomic E-state index is 13.5. The van der Waals surface area contributed by atoms with Crippen LogP contribution in [0.2, 0.25) is 0 Å². The van der Waals surface area contributed by atoms with Gasteiger partial charge in [0.15, 0.2) is 5.82 Å². The van der Waals surface area contributed by atoms with Crippen LogP contribution in [0.4, 0.5) is 4.39 Å². The van der Waals surface area contributed by atoms with Gasteiger partial charge in [-0.2, -0.15) is 0 Å². The number of fused-ring (bicyclic) bond motifs is 1. The van der Waals surface area contributed by atoms with Crippen LogP contribution in [-0.2, 0) is 6.54 Å². The summed E-state index contributed by atoms with van der Waals surface area (Å²) in [5.41, 5.74) is 1.14. The summed E-state index contributed by atoms with van der Waals surface area (Å²) in [6.07, 6.45) is 1.43. The fourth-order valence-electron chi connectivity index (χ4n) is 2.41. The van der Waals surface area contributed by atoms with E-state index in [0.717, 1.165) is 37.3 Å². The van der Waals surface area contributed by atoms with Crippen LogP contribution >= 0.6 is 0 Å². The standard InChI is InChI=1S/C13H16FN3O/c14-10-2-1-3-11-13(10)16-12(15-11)8-17-6-4-9(18)5-7-17/h1-3,9,18H,4-8H2,(H,15,16). The molecule has 5 heteroatoms. The normalized spacial score (nSPS) is 18.6. The molecule has 18 heavy (non-hydrogen) atoms. The van der Waals surface area contributed by atoms with Crippen molar-refractivity contribution in [2.24, 2.45) is 0 Å². The Bertz CT molecular complexity index is 546. The Balaban J connectivity index is 1.77. The van der Waals surface area contributed by atoms with Crippen LogP contribution in [0.3, 0.4) is 0 Å². The molecule has 2 N–H and O–H groups in total. The van der Waals surface area contributed by atoms with Crippen molar-refractivity contribution in [2.45, 2.75) is 25.5 Å². The lowest BCUT2D eigenvalue weighted by atomic mass is 10.1. The summed E-state index contributed by atoms with van der Waals surface area (Å²) < 4.78 is 13.5. The molecule has 4 nitrogen and oxygen atoms in total. The molecule has 0 bridgehead atoms. The molecule has 0 amide bonds. The number of benzene rings is 1. The second-order valence-corrected chi connectivity index (χ2v) is 4.83. The number of rotatable bonds is 2. The number of hydrogen-bond acceptors (Lipinski definition) is 3. The minimum absolute atomic E-state index is 0.172. The Hall–Kier alpha value is -1.46. The topological polar surface area (TPSA) is 52.1 Å². The number of hydrogen-bond donors (Lipinski definition) is 2. The van der Waals surface area contributed by atoms with Crippen LogP contribution in [0.5, 0.6) is 0 Å². The van der Waals surface area contributed by atoms with Gasteiger partial charge in [-0.3, -0.25) is 4.90 Å². The van der Waals surface area contributed by atoms with Crippen molar-refractivity contribution in [3.63, 3.8) is 0 Å². The maximum Gasteiger partial charge on any atom is 0.151 e. The van der Waals surface area contributed by atoms with E-state index in [1.54, 1.807) is 6.07 Å². The fourth-order valence-corrected chi connectivity index (χ4v) is 2.41. The van der Waals surface area contributed by atoms with Gasteiger partial charge in [-0.25, -0.2) is 9.37 Å². The van der Waals surface area contributed by atoms with E-state index < -0.39 is 0 Å². The molecule has 0 unspecified atom stereocenters. The van der Waals surface area contributed by atoms with E-state index in [0.29, 0.717) is 12.1 Å². The van der Waals surface area contributed by atoms with Crippen LogP contribution in [0.1, 0.15) is 18.7 Å². The van der Waals surface area contributed by atoms with Crippen LogP contribution in [0, 0.1) is 5.82 Å². The molecule has 0 aliphatic carbocycles. The van der Waals surface area contributed by atoms with Gasteiger partial charge in [-0.15, -0.1) is 0 Å². The number of nitrogens with one attached hydrogen (secondary N) is 1. The number of aromatic nitrogens is 2. The average Bonchev–Trinajstić information content (AvgIpc) is 2.76. The highest BCUT2D eigenvalue weighted by atomic mass is 19.1. The van der Waals surface area contributed by atoms with Crippen molar-refractivity contribution in [3.8, 4) is 0 Å². The minimum Gasteiger partial charge on any atom is -0.393 e. The zero-order chi connectivity index (χ0) is 12.5. The molecule has 1 aliphatic rings. The Kier molecular flexibility index (Phi) is 3.01. The second kappa shape index (κ2) is 4.66. The van der Waals surface area contributed by atoms with Gasteiger partial charge in [0.25, 0.3) is 0 Å². The Morgan fingerprint density at radius 3 is 2.89 bits per heavy atom. The highest BCUT2D eigenvalue weighted by molar-refractivity contribution is 5.75. The van der Waals surface area contributed by atoms with E-state index in [-0.39, 0.29) is 11.9 Å². The Labute approximate surface area is 104 Å². The maximum absolute atomic E-state index is 13.5. The third-order valence-corrected chi connectivity index (χ3v) is 3.44. The number of likely N-dealkylation sites (tertiary alicyclic amines) is 1. The highest BCUT2D eigenvalue weighted by Gasteiger charge is 2.18. The predicted octanol–water partition coefficient (Wildman–Crippen LogP) is 1.66. The monoisotopic (exact) mass is 249 g/mol. The molecule has 1 aromatic carbocycles. The van der Waals surface area contributed by atoms with Crippen molar-refractivity contribution in [1.82, 2.24) is 14.9 Å².